The van der Waals surface area contributed by atoms with Crippen LogP contribution < -0.4 is 21.7 Å². The predicted octanol–water partition coefficient (Wildman–Crippen LogP) is 3.24. The van der Waals surface area contributed by atoms with Crippen LogP contribution in [0.4, 0.5) is 4.79 Å². The minimum absolute atomic E-state index is 0.00533. The fourth-order valence-corrected chi connectivity index (χ4v) is 4.78. The van der Waals surface area contributed by atoms with Crippen LogP contribution in [0.3, 0.4) is 0 Å². The van der Waals surface area contributed by atoms with E-state index in [0.29, 0.717) is 17.3 Å². The maximum atomic E-state index is 12.6. The molecule has 0 saturated carbocycles. The molecule has 0 bridgehead atoms. The van der Waals surface area contributed by atoms with Crippen LogP contribution in [-0.2, 0) is 0 Å². The third kappa shape index (κ3) is 4.14. The third-order valence-corrected chi connectivity index (χ3v) is 6.54. The number of amides is 3. The number of nitrogens with zero attached hydrogens (tertiary/aromatic N) is 1. The van der Waals surface area contributed by atoms with Gasteiger partial charge in [0.25, 0.3) is 11.5 Å². The summed E-state index contributed by atoms with van der Waals surface area (Å²) in [6.45, 7) is 0.323. The van der Waals surface area contributed by atoms with Gasteiger partial charge in [-0.25, -0.2) is 15.3 Å². The smallest absolute Gasteiger partial charge is 0.333 e. The van der Waals surface area contributed by atoms with E-state index in [-0.39, 0.29) is 11.6 Å². The monoisotopic (exact) mass is 472 g/mol. The first-order valence-electron chi connectivity index (χ1n) is 10.5. The van der Waals surface area contributed by atoms with Crippen LogP contribution in [-0.4, -0.2) is 33.7 Å². The number of hydrogen-bond acceptors (Lipinski definition) is 5. The van der Waals surface area contributed by atoms with Crippen molar-refractivity contribution in [2.24, 2.45) is 0 Å². The Bertz CT molecular complexity index is 1540. The molecule has 10 heteroatoms. The fraction of sp³-hybridized carbons (Fsp3) is 0.0833. The van der Waals surface area contributed by atoms with Gasteiger partial charge in [0.15, 0.2) is 5.69 Å². The van der Waals surface area contributed by atoms with Crippen molar-refractivity contribution in [1.29, 1.82) is 0 Å². The van der Waals surface area contributed by atoms with Crippen molar-refractivity contribution in [3.8, 4) is 0 Å². The van der Waals surface area contributed by atoms with Crippen LogP contribution in [0.1, 0.15) is 26.8 Å². The van der Waals surface area contributed by atoms with Crippen molar-refractivity contribution in [2.75, 3.05) is 6.54 Å². The lowest BCUT2D eigenvalue weighted by Gasteiger charge is -2.17. The van der Waals surface area contributed by atoms with Gasteiger partial charge in [0.1, 0.15) is 0 Å². The number of aromatic amines is 2. The molecule has 0 aliphatic heterocycles. The number of urea groups is 1. The van der Waals surface area contributed by atoms with Crippen molar-refractivity contribution in [2.45, 2.75) is 5.92 Å². The highest BCUT2D eigenvalue weighted by Gasteiger charge is 2.20. The number of hydrogen-bond donors (Lipinski definition) is 5. The molecule has 5 aromatic rings. The van der Waals surface area contributed by atoms with E-state index < -0.39 is 17.5 Å². The van der Waals surface area contributed by atoms with Gasteiger partial charge < -0.3 is 10.3 Å². The molecule has 0 spiro atoms. The highest BCUT2D eigenvalue weighted by atomic mass is 32.1. The molecule has 1 atom stereocenters. The first kappa shape index (κ1) is 21.4. The van der Waals surface area contributed by atoms with Crippen LogP contribution in [0.15, 0.2) is 77.0 Å². The number of rotatable bonds is 5. The zero-order valence-electron chi connectivity index (χ0n) is 17.8. The minimum Gasteiger partial charge on any atom is -0.361 e. The molecule has 3 aromatic heterocycles. The summed E-state index contributed by atoms with van der Waals surface area (Å²) in [4.78, 5) is 41.4. The first-order valence-corrected chi connectivity index (χ1v) is 11.4. The molecule has 34 heavy (non-hydrogen) atoms. The number of hydrazine groups is 1. The number of nitrogens with one attached hydrogen (secondary N) is 5. The summed E-state index contributed by atoms with van der Waals surface area (Å²) in [5.74, 6) is -0.712. The summed E-state index contributed by atoms with van der Waals surface area (Å²) in [6, 6.07) is 18.1. The lowest BCUT2D eigenvalue weighted by Crippen LogP contribution is -2.48. The van der Waals surface area contributed by atoms with Gasteiger partial charge in [-0.2, -0.15) is 5.10 Å². The summed E-state index contributed by atoms with van der Waals surface area (Å²) < 4.78 is 0. The number of H-pyrrole nitrogens is 2. The Labute approximate surface area is 197 Å². The van der Waals surface area contributed by atoms with Crippen molar-refractivity contribution in [1.82, 2.24) is 31.3 Å². The topological polar surface area (TPSA) is 132 Å². The maximum Gasteiger partial charge on any atom is 0.333 e. The largest absolute Gasteiger partial charge is 0.361 e. The summed E-state index contributed by atoms with van der Waals surface area (Å²) >= 11 is 1.61. The summed E-state index contributed by atoms with van der Waals surface area (Å²) in [5, 5.41) is 12.8. The van der Waals surface area contributed by atoms with Gasteiger partial charge in [0.05, 0.1) is 5.39 Å². The number of thiophene rings is 1. The number of fused-ring (bicyclic) bond motifs is 2. The van der Waals surface area contributed by atoms with Crippen molar-refractivity contribution in [3.63, 3.8) is 0 Å². The number of carbonyl (C=O) groups excluding carboxylic acids is 2. The fourth-order valence-electron chi connectivity index (χ4n) is 3.94. The van der Waals surface area contributed by atoms with Crippen molar-refractivity contribution < 1.29 is 9.59 Å². The quantitative estimate of drug-likeness (QED) is 0.251. The summed E-state index contributed by atoms with van der Waals surface area (Å²) in [7, 11) is 0. The van der Waals surface area contributed by atoms with Gasteiger partial charge in [-0.3, -0.25) is 15.0 Å². The molecule has 0 fully saturated rings. The van der Waals surface area contributed by atoms with Crippen LogP contribution in [0, 0.1) is 0 Å². The Kier molecular flexibility index (Phi) is 5.79. The van der Waals surface area contributed by atoms with Gasteiger partial charge in [-0.1, -0.05) is 42.5 Å². The van der Waals surface area contributed by atoms with Gasteiger partial charge in [-0.15, -0.1) is 11.3 Å². The average molecular weight is 473 g/mol. The number of para-hydroxylation sites is 1. The maximum absolute atomic E-state index is 12.6. The zero-order valence-corrected chi connectivity index (χ0v) is 18.6. The standard InChI is InChI=1S/C24H20N6O3S/c31-22-16-8-2-1-7-15(16)21(27-28-22)23(32)29-30-24(33)26-13-18(20-10-5-11-34-20)17-12-25-19-9-4-3-6-14(17)19/h1-12,18,25H,13H2,(H,28,31)(H,29,32)(H2,26,30,33). The predicted molar refractivity (Wildman–Crippen MR) is 131 cm³/mol. The molecule has 170 valence electrons. The number of aromatic nitrogens is 3. The van der Waals surface area contributed by atoms with E-state index in [4.69, 9.17) is 0 Å². The Morgan fingerprint density at radius 2 is 1.71 bits per heavy atom. The van der Waals surface area contributed by atoms with Crippen molar-refractivity contribution >= 4 is 45.0 Å². The van der Waals surface area contributed by atoms with E-state index in [9.17, 15) is 14.4 Å². The van der Waals surface area contributed by atoms with Crippen LogP contribution in [0.5, 0.6) is 0 Å². The van der Waals surface area contributed by atoms with Gasteiger partial charge in [-0.05, 0) is 29.1 Å². The minimum atomic E-state index is -0.644. The molecular formula is C24H20N6O3S. The molecule has 0 aliphatic carbocycles. The Morgan fingerprint density at radius 3 is 2.50 bits per heavy atom. The molecule has 5 N–H and O–H groups in total. The second kappa shape index (κ2) is 9.20. The number of carbonyl (C=O) groups is 2. The van der Waals surface area contributed by atoms with Crippen LogP contribution in [0.2, 0.25) is 0 Å². The lowest BCUT2D eigenvalue weighted by atomic mass is 9.97. The van der Waals surface area contributed by atoms with E-state index in [0.717, 1.165) is 21.3 Å². The molecule has 0 radical (unpaired) electrons. The second-order valence-electron chi connectivity index (χ2n) is 7.59. The van der Waals surface area contributed by atoms with E-state index in [1.54, 1.807) is 35.6 Å². The normalized spacial score (nSPS) is 11.9. The average Bonchev–Trinajstić information content (AvgIpc) is 3.54. The third-order valence-electron chi connectivity index (χ3n) is 5.55. The molecule has 5 rings (SSSR count). The zero-order chi connectivity index (χ0) is 23.5. The van der Waals surface area contributed by atoms with Crippen LogP contribution >= 0.6 is 11.3 Å². The molecule has 3 amide bonds. The highest BCUT2D eigenvalue weighted by Crippen LogP contribution is 2.32. The second-order valence-corrected chi connectivity index (χ2v) is 8.57. The number of benzene rings is 2. The Morgan fingerprint density at radius 1 is 0.941 bits per heavy atom. The van der Waals surface area contributed by atoms with E-state index in [1.807, 2.05) is 48.0 Å². The molecule has 0 saturated heterocycles. The lowest BCUT2D eigenvalue weighted by molar-refractivity contribution is 0.0932. The van der Waals surface area contributed by atoms with Crippen LogP contribution in [0.25, 0.3) is 21.7 Å². The Hall–Kier alpha value is -4.44. The molecule has 2 aromatic carbocycles. The summed E-state index contributed by atoms with van der Waals surface area (Å²) in [6.07, 6.45) is 1.96. The Balaban J connectivity index is 1.27. The molecule has 3 heterocycles. The highest BCUT2D eigenvalue weighted by molar-refractivity contribution is 7.10. The van der Waals surface area contributed by atoms with Gasteiger partial charge >= 0.3 is 6.03 Å². The van der Waals surface area contributed by atoms with E-state index in [2.05, 4.69) is 31.3 Å². The molecule has 0 aliphatic rings. The van der Waals surface area contributed by atoms with Gasteiger partial charge in [0, 0.05) is 39.8 Å². The first-order chi connectivity index (χ1) is 16.6. The summed E-state index contributed by atoms with van der Waals surface area (Å²) in [5.41, 5.74) is 6.41. The van der Waals surface area contributed by atoms with E-state index >= 15 is 0 Å². The molecular weight excluding hydrogens is 452 g/mol. The van der Waals surface area contributed by atoms with Gasteiger partial charge in [0.2, 0.25) is 0 Å². The molecule has 9 nitrogen and oxygen atoms in total. The molecule has 1 unspecified atom stereocenters. The SMILES string of the molecule is O=C(NCC(c1cccs1)c1c[nH]c2ccccc12)NNC(=O)c1n[nH]c(=O)c2ccccc12. The van der Waals surface area contributed by atoms with Crippen molar-refractivity contribution in [3.05, 3.63) is 98.7 Å². The van der Waals surface area contributed by atoms with E-state index in [1.165, 1.54) is 0 Å².